The molecule has 1 heterocycles. The van der Waals surface area contributed by atoms with Gasteiger partial charge in [0.2, 0.25) is 0 Å². The Labute approximate surface area is 246 Å². The fourth-order valence-corrected chi connectivity index (χ4v) is 14.2. The third-order valence-corrected chi connectivity index (χ3v) is 16.4. The Balaban J connectivity index is 1.39. The summed E-state index contributed by atoms with van der Waals surface area (Å²) in [5, 5.41) is 46.7. The van der Waals surface area contributed by atoms with E-state index >= 15 is 0 Å². The van der Waals surface area contributed by atoms with E-state index in [9.17, 15) is 25.2 Å². The van der Waals surface area contributed by atoms with Crippen LogP contribution in [-0.4, -0.2) is 51.0 Å². The molecule has 4 N–H and O–H groups in total. The molecule has 0 radical (unpaired) electrons. The first kappa shape index (κ1) is 28.8. The maximum atomic E-state index is 12.8. The zero-order valence-corrected chi connectivity index (χ0v) is 26.1. The number of rotatable bonds is 4. The molecule has 5 saturated carbocycles. The molecule has 2 spiro atoms. The van der Waals surface area contributed by atoms with E-state index in [1.807, 2.05) is 13.0 Å². The van der Waals surface area contributed by atoms with Gasteiger partial charge in [-0.15, -0.1) is 0 Å². The second-order valence-electron chi connectivity index (χ2n) is 17.3. The predicted molar refractivity (Wildman–Crippen MR) is 156 cm³/mol. The summed E-state index contributed by atoms with van der Waals surface area (Å²) in [7, 11) is 0. The quantitative estimate of drug-likeness (QED) is 0.306. The summed E-state index contributed by atoms with van der Waals surface area (Å²) < 4.78 is 6.34. The maximum absolute atomic E-state index is 12.8. The molecule has 2 bridgehead atoms. The van der Waals surface area contributed by atoms with Crippen LogP contribution < -0.4 is 0 Å². The Kier molecular flexibility index (Phi) is 5.76. The minimum absolute atomic E-state index is 0.0160. The molecular weight excluding hydrogens is 516 g/mol. The largest absolute Gasteiger partial charge is 0.481 e. The van der Waals surface area contributed by atoms with Crippen LogP contribution in [0.1, 0.15) is 118 Å². The molecule has 0 aromatic carbocycles. The number of hydrogen-bond acceptors (Lipinski definition) is 5. The molecule has 6 fully saturated rings. The summed E-state index contributed by atoms with van der Waals surface area (Å²) >= 11 is 0. The van der Waals surface area contributed by atoms with Crippen molar-refractivity contribution in [3.05, 3.63) is 12.2 Å². The molecule has 12 unspecified atom stereocenters. The number of ether oxygens (including phenoxy) is 1. The van der Waals surface area contributed by atoms with Gasteiger partial charge in [0.1, 0.15) is 0 Å². The van der Waals surface area contributed by atoms with Crippen molar-refractivity contribution < 1.29 is 30.0 Å². The van der Waals surface area contributed by atoms with Crippen molar-refractivity contribution in [2.75, 3.05) is 13.2 Å². The van der Waals surface area contributed by atoms with Crippen LogP contribution in [0.4, 0.5) is 0 Å². The van der Waals surface area contributed by atoms with Crippen LogP contribution in [-0.2, 0) is 9.53 Å². The highest BCUT2D eigenvalue weighted by Crippen LogP contribution is 2.85. The Bertz CT molecular complexity index is 1190. The van der Waals surface area contributed by atoms with E-state index in [0.717, 1.165) is 77.0 Å². The van der Waals surface area contributed by atoms with Gasteiger partial charge in [0.25, 0.3) is 0 Å². The van der Waals surface area contributed by atoms with Crippen molar-refractivity contribution >= 4 is 5.97 Å². The lowest BCUT2D eigenvalue weighted by molar-refractivity contribution is -0.360. The summed E-state index contributed by atoms with van der Waals surface area (Å²) in [4.78, 5) is 12.5. The molecule has 0 aromatic heterocycles. The van der Waals surface area contributed by atoms with Crippen molar-refractivity contribution in [3.63, 3.8) is 0 Å². The lowest BCUT2D eigenvalue weighted by Crippen LogP contribution is -2.80. The van der Waals surface area contributed by atoms with E-state index in [2.05, 4.69) is 33.8 Å². The van der Waals surface area contributed by atoms with Crippen molar-refractivity contribution in [2.45, 2.75) is 129 Å². The van der Waals surface area contributed by atoms with Gasteiger partial charge in [-0.25, -0.2) is 0 Å². The molecule has 1 saturated heterocycles. The summed E-state index contributed by atoms with van der Waals surface area (Å²) in [6.45, 7) is 11.9. The molecule has 12 atom stereocenters. The molecule has 1 aliphatic heterocycles. The smallest absolute Gasteiger partial charge is 0.309 e. The number of hydrogen-bond donors (Lipinski definition) is 4. The van der Waals surface area contributed by atoms with Crippen LogP contribution in [0.3, 0.4) is 0 Å². The van der Waals surface area contributed by atoms with Gasteiger partial charge in [0, 0.05) is 23.2 Å². The third-order valence-electron chi connectivity index (χ3n) is 16.4. The van der Waals surface area contributed by atoms with Gasteiger partial charge in [0.15, 0.2) is 5.79 Å². The van der Waals surface area contributed by atoms with Gasteiger partial charge in [0.05, 0.1) is 24.2 Å². The number of aliphatic hydroxyl groups excluding tert-OH is 1. The van der Waals surface area contributed by atoms with E-state index in [4.69, 9.17) is 4.74 Å². The minimum Gasteiger partial charge on any atom is -0.481 e. The van der Waals surface area contributed by atoms with Crippen molar-refractivity contribution in [2.24, 2.45) is 55.7 Å². The molecule has 230 valence electrons. The van der Waals surface area contributed by atoms with E-state index in [1.54, 1.807) is 0 Å². The summed E-state index contributed by atoms with van der Waals surface area (Å²) in [5.41, 5.74) is -3.45. The average Bonchev–Trinajstić information content (AvgIpc) is 3.12. The Morgan fingerprint density at radius 2 is 1.61 bits per heavy atom. The average molecular weight is 571 g/mol. The first-order valence-corrected chi connectivity index (χ1v) is 16.7. The van der Waals surface area contributed by atoms with Crippen LogP contribution >= 0.6 is 0 Å². The Morgan fingerprint density at radius 1 is 0.927 bits per heavy atom. The normalized spacial score (nSPS) is 60.4. The van der Waals surface area contributed by atoms with Crippen LogP contribution in [0.25, 0.3) is 0 Å². The van der Waals surface area contributed by atoms with Crippen LogP contribution in [0, 0.1) is 55.7 Å². The van der Waals surface area contributed by atoms with Gasteiger partial charge < -0.3 is 25.2 Å². The van der Waals surface area contributed by atoms with Crippen molar-refractivity contribution in [1.29, 1.82) is 0 Å². The summed E-state index contributed by atoms with van der Waals surface area (Å²) in [6.07, 6.45) is 15.3. The highest BCUT2D eigenvalue weighted by Gasteiger charge is 2.86. The fraction of sp³-hybridized carbons (Fsp3) is 0.914. The molecule has 41 heavy (non-hydrogen) atoms. The van der Waals surface area contributed by atoms with Gasteiger partial charge >= 0.3 is 5.97 Å². The lowest BCUT2D eigenvalue weighted by atomic mass is 9.24. The number of carbonyl (C=O) groups is 1. The lowest BCUT2D eigenvalue weighted by Gasteiger charge is -2.80. The molecule has 0 amide bonds. The number of aliphatic hydroxyl groups is 3. The molecule has 0 aromatic rings. The fourth-order valence-electron chi connectivity index (χ4n) is 14.2. The van der Waals surface area contributed by atoms with Crippen molar-refractivity contribution in [1.82, 2.24) is 0 Å². The molecular formula is C35H54O6. The minimum atomic E-state index is -1.36. The Morgan fingerprint density at radius 3 is 2.29 bits per heavy atom. The second-order valence-corrected chi connectivity index (χ2v) is 17.3. The number of allylic oxidation sites excluding steroid dienone is 1. The third kappa shape index (κ3) is 2.90. The summed E-state index contributed by atoms with van der Waals surface area (Å²) in [6, 6.07) is 0. The predicted octanol–water partition coefficient (Wildman–Crippen LogP) is 6.08. The highest BCUT2D eigenvalue weighted by molar-refractivity contribution is 5.74. The molecule has 6 nitrogen and oxygen atoms in total. The topological polar surface area (TPSA) is 107 Å². The number of aliphatic carboxylic acids is 1. The first-order chi connectivity index (χ1) is 19.1. The SMILES string of the molecule is CCCC1C2(O)CC3(O)C=CCC45CCC6(C)C7CC(C)(C(=O)O)CCC7(C)CCC6(C)C4CCC1(CO2)C35CO. The van der Waals surface area contributed by atoms with Crippen molar-refractivity contribution in [3.8, 4) is 0 Å². The number of carboxylic acid groups (broad SMARTS) is 1. The second kappa shape index (κ2) is 8.20. The number of carboxylic acids is 1. The highest BCUT2D eigenvalue weighted by atomic mass is 16.6. The van der Waals surface area contributed by atoms with Crippen LogP contribution in [0.2, 0.25) is 0 Å². The van der Waals surface area contributed by atoms with E-state index in [-0.39, 0.29) is 40.6 Å². The summed E-state index contributed by atoms with van der Waals surface area (Å²) in [5.74, 6) is -1.47. The van der Waals surface area contributed by atoms with Crippen LogP contribution in [0.15, 0.2) is 12.2 Å². The monoisotopic (exact) mass is 570 g/mol. The van der Waals surface area contributed by atoms with E-state index in [0.29, 0.717) is 18.4 Å². The Hall–Kier alpha value is -0.950. The molecule has 6 heteroatoms. The van der Waals surface area contributed by atoms with E-state index in [1.165, 1.54) is 0 Å². The zero-order chi connectivity index (χ0) is 29.5. The van der Waals surface area contributed by atoms with E-state index < -0.39 is 33.6 Å². The molecule has 7 rings (SSSR count). The zero-order valence-electron chi connectivity index (χ0n) is 26.1. The van der Waals surface area contributed by atoms with Gasteiger partial charge in [-0.05, 0) is 111 Å². The molecule has 6 aliphatic carbocycles. The van der Waals surface area contributed by atoms with Gasteiger partial charge in [-0.2, -0.15) is 0 Å². The molecule has 7 aliphatic rings. The maximum Gasteiger partial charge on any atom is 0.309 e. The number of fused-ring (bicyclic) bond motifs is 5. The first-order valence-electron chi connectivity index (χ1n) is 16.7. The standard InChI is InChI=1S/C35H54O6/c1-6-8-24-32-12-9-23-29(4)16-15-27(2)13-14-28(3,26(37)38)19-25(27)30(29,5)17-18-31(23)10-7-11-33(39,35(31,32)21-36)20-34(24,40)41-22-32/h7,11,23-25,36,39-40H,6,8-10,12-22H2,1-5H3,(H,37,38). The van der Waals surface area contributed by atoms with Gasteiger partial charge in [-0.3, -0.25) is 4.79 Å². The van der Waals surface area contributed by atoms with Crippen LogP contribution in [0.5, 0.6) is 0 Å². The van der Waals surface area contributed by atoms with Gasteiger partial charge in [-0.1, -0.05) is 46.3 Å².